The Balaban J connectivity index is 2.08. The molecule has 0 aromatic carbocycles. The summed E-state index contributed by atoms with van der Waals surface area (Å²) in [6.45, 7) is 3.69. The fourth-order valence-electron chi connectivity index (χ4n) is 2.10. The van der Waals surface area contributed by atoms with Crippen LogP contribution in [0.2, 0.25) is 0 Å². The summed E-state index contributed by atoms with van der Waals surface area (Å²) in [6.07, 6.45) is 5.16. The number of hydrogen-bond donors (Lipinski definition) is 1. The lowest BCUT2D eigenvalue weighted by Crippen LogP contribution is -2.17. The number of ether oxygens (including phenoxy) is 1. The van der Waals surface area contributed by atoms with Crippen molar-refractivity contribution in [1.82, 2.24) is 9.55 Å². The molecule has 1 fully saturated rings. The van der Waals surface area contributed by atoms with E-state index in [0.29, 0.717) is 0 Å². The first-order valence-corrected chi connectivity index (χ1v) is 7.20. The summed E-state index contributed by atoms with van der Waals surface area (Å²) in [7, 11) is 0. The van der Waals surface area contributed by atoms with Gasteiger partial charge in [-0.1, -0.05) is 18.7 Å². The molecular weight excluding hydrogens is 252 g/mol. The number of carbonyl (C=O) groups is 1. The SMILES string of the molecule is CCc1cnc(SCC(=O)O)n1CC1CCCO1. The van der Waals surface area contributed by atoms with Crippen LogP contribution in [0.1, 0.15) is 25.5 Å². The standard InChI is InChI=1S/C12H18N2O3S/c1-2-9-6-13-12(18-8-11(15)16)14(9)7-10-4-3-5-17-10/h6,10H,2-5,7-8H2,1H3,(H,15,16). The second kappa shape index (κ2) is 6.24. The van der Waals surface area contributed by atoms with Gasteiger partial charge in [0.25, 0.3) is 0 Å². The molecule has 1 unspecified atom stereocenters. The fourth-order valence-corrected chi connectivity index (χ4v) is 2.83. The van der Waals surface area contributed by atoms with Crippen molar-refractivity contribution in [2.24, 2.45) is 0 Å². The molecule has 18 heavy (non-hydrogen) atoms. The first kappa shape index (κ1) is 13.4. The smallest absolute Gasteiger partial charge is 0.313 e. The number of aromatic nitrogens is 2. The number of hydrogen-bond acceptors (Lipinski definition) is 4. The van der Waals surface area contributed by atoms with Crippen LogP contribution in [0.15, 0.2) is 11.4 Å². The van der Waals surface area contributed by atoms with E-state index in [1.807, 2.05) is 6.20 Å². The first-order valence-electron chi connectivity index (χ1n) is 6.21. The highest BCUT2D eigenvalue weighted by molar-refractivity contribution is 7.99. The quantitative estimate of drug-likeness (QED) is 0.799. The second-order valence-electron chi connectivity index (χ2n) is 4.31. The molecule has 1 N–H and O–H groups in total. The van der Waals surface area contributed by atoms with Gasteiger partial charge >= 0.3 is 5.97 Å². The molecule has 1 aliphatic heterocycles. The molecule has 0 radical (unpaired) electrons. The third-order valence-electron chi connectivity index (χ3n) is 3.00. The van der Waals surface area contributed by atoms with Gasteiger partial charge in [0.15, 0.2) is 5.16 Å². The number of rotatable bonds is 6. The number of aryl methyl sites for hydroxylation is 1. The Morgan fingerprint density at radius 2 is 2.56 bits per heavy atom. The van der Waals surface area contributed by atoms with E-state index < -0.39 is 5.97 Å². The monoisotopic (exact) mass is 270 g/mol. The normalized spacial score (nSPS) is 19.3. The van der Waals surface area contributed by atoms with Gasteiger partial charge in [0.1, 0.15) is 0 Å². The van der Waals surface area contributed by atoms with Crippen molar-refractivity contribution in [2.45, 2.75) is 44.0 Å². The Bertz CT molecular complexity index is 413. The summed E-state index contributed by atoms with van der Waals surface area (Å²) >= 11 is 1.27. The number of carboxylic acid groups (broad SMARTS) is 1. The average molecular weight is 270 g/mol. The predicted octanol–water partition coefficient (Wildman–Crippen LogP) is 1.80. The topological polar surface area (TPSA) is 64.3 Å². The largest absolute Gasteiger partial charge is 0.481 e. The molecule has 0 saturated carbocycles. The van der Waals surface area contributed by atoms with Crippen LogP contribution in [0, 0.1) is 0 Å². The van der Waals surface area contributed by atoms with Gasteiger partial charge in [-0.2, -0.15) is 0 Å². The van der Waals surface area contributed by atoms with Crippen LogP contribution >= 0.6 is 11.8 Å². The van der Waals surface area contributed by atoms with Crippen molar-refractivity contribution < 1.29 is 14.6 Å². The summed E-state index contributed by atoms with van der Waals surface area (Å²) in [4.78, 5) is 14.9. The van der Waals surface area contributed by atoms with Gasteiger partial charge in [-0.25, -0.2) is 4.98 Å². The van der Waals surface area contributed by atoms with Gasteiger partial charge in [-0.3, -0.25) is 4.79 Å². The van der Waals surface area contributed by atoms with Crippen LogP contribution in [0.4, 0.5) is 0 Å². The van der Waals surface area contributed by atoms with Gasteiger partial charge in [-0.05, 0) is 19.3 Å². The summed E-state index contributed by atoms with van der Waals surface area (Å²) in [5.41, 5.74) is 1.14. The zero-order chi connectivity index (χ0) is 13.0. The Morgan fingerprint density at radius 3 is 3.17 bits per heavy atom. The highest BCUT2D eigenvalue weighted by Crippen LogP contribution is 2.22. The van der Waals surface area contributed by atoms with E-state index in [2.05, 4.69) is 16.5 Å². The molecule has 1 aliphatic rings. The summed E-state index contributed by atoms with van der Waals surface area (Å²) in [5, 5.41) is 9.51. The number of nitrogens with zero attached hydrogens (tertiary/aromatic N) is 2. The van der Waals surface area contributed by atoms with Crippen molar-refractivity contribution in [3.05, 3.63) is 11.9 Å². The van der Waals surface area contributed by atoms with Crippen LogP contribution in [0.25, 0.3) is 0 Å². The van der Waals surface area contributed by atoms with E-state index in [9.17, 15) is 4.79 Å². The molecule has 1 saturated heterocycles. The van der Waals surface area contributed by atoms with E-state index in [4.69, 9.17) is 9.84 Å². The van der Waals surface area contributed by atoms with Gasteiger partial charge in [0.05, 0.1) is 18.4 Å². The number of carboxylic acids is 1. The molecule has 1 atom stereocenters. The molecule has 5 nitrogen and oxygen atoms in total. The minimum absolute atomic E-state index is 0.0473. The third kappa shape index (κ3) is 3.26. The number of imidazole rings is 1. The van der Waals surface area contributed by atoms with Crippen LogP contribution in [0.3, 0.4) is 0 Å². The lowest BCUT2D eigenvalue weighted by atomic mass is 10.2. The lowest BCUT2D eigenvalue weighted by molar-refractivity contribution is -0.133. The van der Waals surface area contributed by atoms with Crippen molar-refractivity contribution >= 4 is 17.7 Å². The highest BCUT2D eigenvalue weighted by Gasteiger charge is 2.19. The zero-order valence-electron chi connectivity index (χ0n) is 10.5. The van der Waals surface area contributed by atoms with Gasteiger partial charge in [0.2, 0.25) is 0 Å². The average Bonchev–Trinajstić information content (AvgIpc) is 2.97. The maximum atomic E-state index is 10.6. The lowest BCUT2D eigenvalue weighted by Gasteiger charge is -2.15. The minimum Gasteiger partial charge on any atom is -0.481 e. The summed E-state index contributed by atoms with van der Waals surface area (Å²) < 4.78 is 7.73. The number of aliphatic carboxylic acids is 1. The van der Waals surface area contributed by atoms with Crippen molar-refractivity contribution in [3.63, 3.8) is 0 Å². The van der Waals surface area contributed by atoms with Gasteiger partial charge in [-0.15, -0.1) is 0 Å². The van der Waals surface area contributed by atoms with Gasteiger partial charge < -0.3 is 14.4 Å². The zero-order valence-corrected chi connectivity index (χ0v) is 11.3. The molecule has 2 heterocycles. The third-order valence-corrected chi connectivity index (χ3v) is 3.97. The summed E-state index contributed by atoms with van der Waals surface area (Å²) in [5.74, 6) is -0.768. The van der Waals surface area contributed by atoms with Crippen LogP contribution in [-0.4, -0.2) is 39.1 Å². The van der Waals surface area contributed by atoms with Crippen LogP contribution in [0.5, 0.6) is 0 Å². The van der Waals surface area contributed by atoms with Crippen LogP contribution in [-0.2, 0) is 22.5 Å². The van der Waals surface area contributed by atoms with E-state index in [1.54, 1.807) is 0 Å². The minimum atomic E-state index is -0.815. The molecule has 1 aromatic heterocycles. The fraction of sp³-hybridized carbons (Fsp3) is 0.667. The van der Waals surface area contributed by atoms with E-state index in [0.717, 1.165) is 43.3 Å². The highest BCUT2D eigenvalue weighted by atomic mass is 32.2. The molecule has 100 valence electrons. The molecule has 6 heteroatoms. The second-order valence-corrected chi connectivity index (χ2v) is 5.26. The predicted molar refractivity (Wildman–Crippen MR) is 68.9 cm³/mol. The van der Waals surface area contributed by atoms with Crippen molar-refractivity contribution in [1.29, 1.82) is 0 Å². The summed E-state index contributed by atoms with van der Waals surface area (Å²) in [6, 6.07) is 0. The van der Waals surface area contributed by atoms with Crippen LogP contribution < -0.4 is 0 Å². The van der Waals surface area contributed by atoms with E-state index in [-0.39, 0.29) is 11.9 Å². The molecule has 0 bridgehead atoms. The molecule has 0 spiro atoms. The van der Waals surface area contributed by atoms with Crippen molar-refractivity contribution in [3.8, 4) is 0 Å². The van der Waals surface area contributed by atoms with E-state index >= 15 is 0 Å². The Labute approximate surface area is 111 Å². The maximum absolute atomic E-state index is 10.6. The molecule has 2 rings (SSSR count). The molecule has 1 aromatic rings. The van der Waals surface area contributed by atoms with Crippen molar-refractivity contribution in [2.75, 3.05) is 12.4 Å². The Morgan fingerprint density at radius 1 is 1.72 bits per heavy atom. The Hall–Kier alpha value is -1.01. The van der Waals surface area contributed by atoms with Gasteiger partial charge in [0, 0.05) is 18.5 Å². The van der Waals surface area contributed by atoms with E-state index in [1.165, 1.54) is 11.8 Å². The number of thioether (sulfide) groups is 1. The molecular formula is C12H18N2O3S. The maximum Gasteiger partial charge on any atom is 0.313 e. The molecule has 0 amide bonds. The Kier molecular flexibility index (Phi) is 4.66. The first-order chi connectivity index (χ1) is 8.70. The molecule has 0 aliphatic carbocycles.